The van der Waals surface area contributed by atoms with E-state index in [9.17, 15) is 4.79 Å². The zero-order chi connectivity index (χ0) is 17.5. The molecule has 1 heterocycles. The molecule has 0 spiro atoms. The van der Waals surface area contributed by atoms with E-state index in [1.165, 1.54) is 11.8 Å². The van der Waals surface area contributed by atoms with Crippen LogP contribution in [-0.2, 0) is 11.4 Å². The molecule has 7 heteroatoms. The van der Waals surface area contributed by atoms with Crippen LogP contribution in [0.4, 0.5) is 0 Å². The maximum absolute atomic E-state index is 11.7. The monoisotopic (exact) mass is 349 g/mol. The highest BCUT2D eigenvalue weighted by Gasteiger charge is 2.11. The summed E-state index contributed by atoms with van der Waals surface area (Å²) in [4.78, 5) is 11.7. The molecule has 0 aliphatic carbocycles. The minimum Gasteiger partial charge on any atom is -0.484 e. The van der Waals surface area contributed by atoms with E-state index in [1.807, 2.05) is 45.9 Å². The van der Waals surface area contributed by atoms with Crippen molar-refractivity contribution in [1.82, 2.24) is 15.5 Å². The molecule has 24 heavy (non-hydrogen) atoms. The molecular weight excluding hydrogens is 326 g/mol. The zero-order valence-corrected chi connectivity index (χ0v) is 15.3. The van der Waals surface area contributed by atoms with Gasteiger partial charge < -0.3 is 14.5 Å². The minimum atomic E-state index is -0.0416. The number of ether oxygens (including phenoxy) is 1. The van der Waals surface area contributed by atoms with Crippen LogP contribution in [0.25, 0.3) is 0 Å². The van der Waals surface area contributed by atoms with Crippen molar-refractivity contribution < 1.29 is 13.9 Å². The van der Waals surface area contributed by atoms with E-state index < -0.39 is 0 Å². The SMILES string of the molecule is Cc1ccc(C)c(OCc2nnc(SCC(=O)NCC(C)C)o2)c1. The number of hydrogen-bond acceptors (Lipinski definition) is 6. The molecule has 0 aliphatic heterocycles. The van der Waals surface area contributed by atoms with Gasteiger partial charge in [0.15, 0.2) is 6.61 Å². The van der Waals surface area contributed by atoms with Crippen LogP contribution in [0.2, 0.25) is 0 Å². The number of benzene rings is 1. The van der Waals surface area contributed by atoms with Crippen molar-refractivity contribution in [2.45, 2.75) is 39.5 Å². The fourth-order valence-corrected chi connectivity index (χ4v) is 2.46. The first-order chi connectivity index (χ1) is 11.4. The van der Waals surface area contributed by atoms with Crippen molar-refractivity contribution in [1.29, 1.82) is 0 Å². The van der Waals surface area contributed by atoms with Gasteiger partial charge in [0.2, 0.25) is 5.91 Å². The summed E-state index contributed by atoms with van der Waals surface area (Å²) in [5.41, 5.74) is 2.18. The van der Waals surface area contributed by atoms with Gasteiger partial charge in [0.25, 0.3) is 11.1 Å². The Hall–Kier alpha value is -2.02. The van der Waals surface area contributed by atoms with Crippen LogP contribution >= 0.6 is 11.8 Å². The topological polar surface area (TPSA) is 77.2 Å². The third-order valence-electron chi connectivity index (χ3n) is 3.18. The van der Waals surface area contributed by atoms with Gasteiger partial charge in [-0.2, -0.15) is 0 Å². The number of aryl methyl sites for hydroxylation is 2. The van der Waals surface area contributed by atoms with E-state index in [4.69, 9.17) is 9.15 Å². The minimum absolute atomic E-state index is 0.0416. The number of aromatic nitrogens is 2. The molecule has 0 bridgehead atoms. The normalized spacial score (nSPS) is 10.9. The molecule has 1 amide bonds. The molecule has 0 radical (unpaired) electrons. The van der Waals surface area contributed by atoms with Crippen molar-refractivity contribution in [3.63, 3.8) is 0 Å². The molecular formula is C17H23N3O3S. The van der Waals surface area contributed by atoms with Crippen LogP contribution in [0.5, 0.6) is 5.75 Å². The Bertz CT molecular complexity index is 685. The van der Waals surface area contributed by atoms with Crippen molar-refractivity contribution in [3.8, 4) is 5.75 Å². The maximum atomic E-state index is 11.7. The third kappa shape index (κ3) is 5.88. The molecule has 0 atom stereocenters. The van der Waals surface area contributed by atoms with Gasteiger partial charge in [-0.15, -0.1) is 10.2 Å². The first-order valence-corrected chi connectivity index (χ1v) is 8.84. The van der Waals surface area contributed by atoms with Crippen LogP contribution < -0.4 is 10.1 Å². The van der Waals surface area contributed by atoms with Gasteiger partial charge in [0.05, 0.1) is 5.75 Å². The Morgan fingerprint density at radius 3 is 2.88 bits per heavy atom. The first kappa shape index (κ1) is 18.3. The lowest BCUT2D eigenvalue weighted by molar-refractivity contribution is -0.118. The smallest absolute Gasteiger partial charge is 0.277 e. The second-order valence-corrected chi connectivity index (χ2v) is 6.93. The third-order valence-corrected chi connectivity index (χ3v) is 4.00. The Labute approximate surface area is 146 Å². The lowest BCUT2D eigenvalue weighted by Crippen LogP contribution is -2.28. The molecule has 2 rings (SSSR count). The Morgan fingerprint density at radius 2 is 2.12 bits per heavy atom. The molecule has 0 unspecified atom stereocenters. The summed E-state index contributed by atoms with van der Waals surface area (Å²) >= 11 is 1.22. The fourth-order valence-electron chi connectivity index (χ4n) is 1.85. The van der Waals surface area contributed by atoms with E-state index in [1.54, 1.807) is 0 Å². The van der Waals surface area contributed by atoms with Gasteiger partial charge in [-0.05, 0) is 37.0 Å². The second kappa shape index (κ2) is 8.73. The average molecular weight is 349 g/mol. The fraction of sp³-hybridized carbons (Fsp3) is 0.471. The van der Waals surface area contributed by atoms with Gasteiger partial charge in [-0.25, -0.2) is 0 Å². The number of hydrogen-bond donors (Lipinski definition) is 1. The van der Waals surface area contributed by atoms with E-state index in [2.05, 4.69) is 15.5 Å². The molecule has 1 N–H and O–H groups in total. The first-order valence-electron chi connectivity index (χ1n) is 7.86. The molecule has 0 aliphatic rings. The van der Waals surface area contributed by atoms with Crippen molar-refractivity contribution in [2.75, 3.05) is 12.3 Å². The van der Waals surface area contributed by atoms with Crippen molar-refractivity contribution >= 4 is 17.7 Å². The van der Waals surface area contributed by atoms with E-state index in [0.29, 0.717) is 23.6 Å². The quantitative estimate of drug-likeness (QED) is 0.738. The van der Waals surface area contributed by atoms with Gasteiger partial charge in [0.1, 0.15) is 5.75 Å². The zero-order valence-electron chi connectivity index (χ0n) is 14.5. The lowest BCUT2D eigenvalue weighted by Gasteiger charge is -2.07. The van der Waals surface area contributed by atoms with Crippen molar-refractivity contribution in [2.24, 2.45) is 5.92 Å². The molecule has 0 fully saturated rings. The van der Waals surface area contributed by atoms with E-state index in [-0.39, 0.29) is 18.3 Å². The Kier molecular flexibility index (Phi) is 6.66. The van der Waals surface area contributed by atoms with Crippen LogP contribution in [0.15, 0.2) is 27.8 Å². The number of nitrogens with zero attached hydrogens (tertiary/aromatic N) is 2. The van der Waals surface area contributed by atoms with E-state index in [0.717, 1.165) is 16.9 Å². The van der Waals surface area contributed by atoms with Crippen LogP contribution in [0, 0.1) is 19.8 Å². The standard InChI is InChI=1S/C17H23N3O3S/c1-11(2)8-18-15(21)10-24-17-20-19-16(23-17)9-22-14-7-12(3)5-6-13(14)4/h5-7,11H,8-10H2,1-4H3,(H,18,21). The second-order valence-electron chi connectivity index (χ2n) is 6.01. The number of carbonyl (C=O) groups is 1. The average Bonchev–Trinajstić information content (AvgIpc) is 2.99. The highest BCUT2D eigenvalue weighted by molar-refractivity contribution is 7.99. The van der Waals surface area contributed by atoms with Gasteiger partial charge >= 0.3 is 0 Å². The summed E-state index contributed by atoms with van der Waals surface area (Å²) in [6.45, 7) is 8.97. The van der Waals surface area contributed by atoms with Crippen molar-refractivity contribution in [3.05, 3.63) is 35.2 Å². The molecule has 2 aromatic rings. The maximum Gasteiger partial charge on any atom is 0.277 e. The summed E-state index contributed by atoms with van der Waals surface area (Å²) < 4.78 is 11.2. The predicted molar refractivity (Wildman–Crippen MR) is 93.1 cm³/mol. The number of rotatable bonds is 8. The largest absolute Gasteiger partial charge is 0.484 e. The molecule has 1 aromatic carbocycles. The molecule has 1 aromatic heterocycles. The molecule has 130 valence electrons. The molecule has 0 saturated carbocycles. The van der Waals surface area contributed by atoms with Gasteiger partial charge in [0, 0.05) is 6.54 Å². The number of nitrogens with one attached hydrogen (secondary N) is 1. The van der Waals surface area contributed by atoms with Crippen LogP contribution in [0.3, 0.4) is 0 Å². The Balaban J connectivity index is 1.80. The number of thioether (sulfide) groups is 1. The molecule has 6 nitrogen and oxygen atoms in total. The summed E-state index contributed by atoms with van der Waals surface area (Å²) in [6, 6.07) is 6.02. The summed E-state index contributed by atoms with van der Waals surface area (Å²) in [5.74, 6) is 1.83. The van der Waals surface area contributed by atoms with E-state index >= 15 is 0 Å². The summed E-state index contributed by atoms with van der Waals surface area (Å²) in [7, 11) is 0. The molecule has 0 saturated heterocycles. The predicted octanol–water partition coefficient (Wildman–Crippen LogP) is 3.13. The highest BCUT2D eigenvalue weighted by Crippen LogP contribution is 2.21. The highest BCUT2D eigenvalue weighted by atomic mass is 32.2. The van der Waals surface area contributed by atoms with Gasteiger partial charge in [-0.1, -0.05) is 37.7 Å². The van der Waals surface area contributed by atoms with Gasteiger partial charge in [-0.3, -0.25) is 4.79 Å². The summed E-state index contributed by atoms with van der Waals surface area (Å²) in [6.07, 6.45) is 0. The summed E-state index contributed by atoms with van der Waals surface area (Å²) in [5, 5.41) is 11.1. The van der Waals surface area contributed by atoms with Crippen LogP contribution in [-0.4, -0.2) is 28.4 Å². The number of carbonyl (C=O) groups excluding carboxylic acids is 1. The number of amides is 1. The lowest BCUT2D eigenvalue weighted by atomic mass is 10.1. The Morgan fingerprint density at radius 1 is 1.33 bits per heavy atom. The van der Waals surface area contributed by atoms with Crippen LogP contribution in [0.1, 0.15) is 30.9 Å².